The highest BCUT2D eigenvalue weighted by Crippen LogP contribution is 2.41. The van der Waals surface area contributed by atoms with Crippen molar-refractivity contribution >= 4 is 63.1 Å². The van der Waals surface area contributed by atoms with E-state index >= 15 is 0 Å². The van der Waals surface area contributed by atoms with Gasteiger partial charge in [0.25, 0.3) is 0 Å². The topological polar surface area (TPSA) is 28.4 Å². The molecule has 0 atom stereocenters. The second-order valence-electron chi connectivity index (χ2n) is 14.7. The lowest BCUT2D eigenvalue weighted by molar-refractivity contribution is 0.575. The fourth-order valence-electron chi connectivity index (χ4n) is 8.05. The maximum Gasteiger partial charge on any atom is 0.137 e. The van der Waals surface area contributed by atoms with Crippen molar-refractivity contribution < 1.29 is 4.42 Å². The number of allylic oxidation sites excluding steroid dienone is 9. The van der Waals surface area contributed by atoms with Gasteiger partial charge in [-0.05, 0) is 143 Å². The summed E-state index contributed by atoms with van der Waals surface area (Å²) in [5.41, 5.74) is 15.1. The lowest BCUT2D eigenvalue weighted by Gasteiger charge is -2.26. The third-order valence-corrected chi connectivity index (χ3v) is 11.0. The van der Waals surface area contributed by atoms with Crippen molar-refractivity contribution in [3.05, 3.63) is 234 Å². The smallest absolute Gasteiger partial charge is 0.137 e. The maximum absolute atomic E-state index is 6.30. The van der Waals surface area contributed by atoms with E-state index in [1.54, 1.807) is 6.08 Å². The highest BCUT2D eigenvalue weighted by molar-refractivity contribution is 6.05. The number of aryl methyl sites for hydroxylation is 1. The molecule has 6 aromatic carbocycles. The van der Waals surface area contributed by atoms with Crippen LogP contribution in [0.25, 0.3) is 68.3 Å². The molecule has 0 fully saturated rings. The minimum atomic E-state index is 0.743. The predicted octanol–water partition coefficient (Wildman–Crippen LogP) is 14.2. The summed E-state index contributed by atoms with van der Waals surface area (Å²) in [6.07, 6.45) is 29.3. The molecule has 0 bridgehead atoms. The monoisotopic (exact) mass is 776 g/mol. The van der Waals surface area contributed by atoms with E-state index < -0.39 is 0 Å². The van der Waals surface area contributed by atoms with Gasteiger partial charge in [0, 0.05) is 51.2 Å². The van der Waals surface area contributed by atoms with E-state index in [0.717, 1.165) is 73.0 Å². The van der Waals surface area contributed by atoms with Crippen molar-refractivity contribution in [1.82, 2.24) is 0 Å². The molecule has 0 amide bonds. The second kappa shape index (κ2) is 17.9. The third kappa shape index (κ3) is 7.94. The lowest BCUT2D eigenvalue weighted by atomic mass is 9.87. The number of nitrogens with zero attached hydrogens (tertiary/aromatic N) is 1. The van der Waals surface area contributed by atoms with Gasteiger partial charge in [0.05, 0.1) is 0 Å². The molecule has 0 saturated carbocycles. The molecule has 1 aliphatic heterocycles. The molecule has 0 radical (unpaired) electrons. The van der Waals surface area contributed by atoms with Crippen LogP contribution in [0.1, 0.15) is 29.2 Å². The molecule has 2 heterocycles. The quantitative estimate of drug-likeness (QED) is 0.140. The number of rotatable bonds is 10. The molecule has 7 aromatic rings. The van der Waals surface area contributed by atoms with Gasteiger partial charge in [-0.1, -0.05) is 135 Å². The number of furan rings is 1. The maximum atomic E-state index is 6.30. The Morgan fingerprint density at radius 3 is 2.38 bits per heavy atom. The van der Waals surface area contributed by atoms with Gasteiger partial charge in [-0.3, -0.25) is 0 Å². The van der Waals surface area contributed by atoms with E-state index in [9.17, 15) is 0 Å². The summed E-state index contributed by atoms with van der Waals surface area (Å²) in [4.78, 5) is 2.20. The molecule has 3 nitrogen and oxygen atoms in total. The van der Waals surface area contributed by atoms with Crippen LogP contribution < -0.4 is 20.9 Å². The normalized spacial score (nSPS) is 14.9. The number of hydrogen-bond acceptors (Lipinski definition) is 3. The number of para-hydroxylation sites is 1. The first kappa shape index (κ1) is 39.2. The molecule has 8 rings (SSSR count). The first-order chi connectivity index (χ1) is 29.5. The fraction of sp³-hybridized carbons (Fsp3) is 0.0526. The molecule has 60 heavy (non-hydrogen) atoms. The van der Waals surface area contributed by atoms with Gasteiger partial charge in [-0.2, -0.15) is 0 Å². The number of fused-ring (bicyclic) bond motifs is 5. The second-order valence-corrected chi connectivity index (χ2v) is 14.7. The Morgan fingerprint density at radius 2 is 1.58 bits per heavy atom. The zero-order chi connectivity index (χ0) is 41.4. The summed E-state index contributed by atoms with van der Waals surface area (Å²) in [6, 6.07) is 41.1. The van der Waals surface area contributed by atoms with E-state index in [0.29, 0.717) is 0 Å². The van der Waals surface area contributed by atoms with Crippen LogP contribution in [-0.2, 0) is 6.42 Å². The van der Waals surface area contributed by atoms with Crippen molar-refractivity contribution in [3.8, 4) is 22.3 Å². The predicted molar refractivity (Wildman–Crippen MR) is 261 cm³/mol. The van der Waals surface area contributed by atoms with E-state index in [1.165, 1.54) is 33.0 Å². The lowest BCUT2D eigenvalue weighted by Crippen LogP contribution is -2.19. The minimum Gasteiger partial charge on any atom is -0.456 e. The van der Waals surface area contributed by atoms with Crippen LogP contribution in [0.4, 0.5) is 17.1 Å². The summed E-state index contributed by atoms with van der Waals surface area (Å²) in [5, 5.41) is 8.03. The van der Waals surface area contributed by atoms with Gasteiger partial charge in [0.15, 0.2) is 0 Å². The molecule has 0 spiro atoms. The van der Waals surface area contributed by atoms with Gasteiger partial charge in [-0.15, -0.1) is 0 Å². The summed E-state index contributed by atoms with van der Waals surface area (Å²) < 4.78 is 6.30. The number of anilines is 3. The van der Waals surface area contributed by atoms with Gasteiger partial charge >= 0.3 is 0 Å². The van der Waals surface area contributed by atoms with Crippen LogP contribution in [0, 0.1) is 6.92 Å². The average molecular weight is 777 g/mol. The summed E-state index contributed by atoms with van der Waals surface area (Å²) in [5.74, 6) is 0. The largest absolute Gasteiger partial charge is 0.456 e. The van der Waals surface area contributed by atoms with Crippen LogP contribution >= 0.6 is 0 Å². The Labute approximate surface area is 353 Å². The number of nitrogens with one attached hydrogen (secondary N) is 1. The Bertz CT molecular complexity index is 3060. The van der Waals surface area contributed by atoms with Crippen LogP contribution in [-0.4, -0.2) is 0 Å². The molecule has 0 aliphatic carbocycles. The van der Waals surface area contributed by atoms with Crippen LogP contribution in [0.5, 0.6) is 0 Å². The minimum absolute atomic E-state index is 0.743. The average Bonchev–Trinajstić information content (AvgIpc) is 3.62. The molecular weight excluding hydrogens is 729 g/mol. The zero-order valence-corrected chi connectivity index (χ0v) is 34.2. The molecule has 0 unspecified atom stereocenters. The molecular formula is C57H48N2O. The summed E-state index contributed by atoms with van der Waals surface area (Å²) >= 11 is 0. The van der Waals surface area contributed by atoms with E-state index in [2.05, 4.69) is 183 Å². The first-order valence-corrected chi connectivity index (χ1v) is 20.4. The summed E-state index contributed by atoms with van der Waals surface area (Å²) in [6.45, 7) is 16.5. The molecule has 292 valence electrons. The van der Waals surface area contributed by atoms with Gasteiger partial charge < -0.3 is 14.6 Å². The first-order valence-electron chi connectivity index (χ1n) is 20.4. The molecule has 1 aromatic heterocycles. The highest BCUT2D eigenvalue weighted by Gasteiger charge is 2.17. The Kier molecular flexibility index (Phi) is 11.7. The number of hydrogen-bond donors (Lipinski definition) is 1. The van der Waals surface area contributed by atoms with E-state index in [-0.39, 0.29) is 0 Å². The third-order valence-electron chi connectivity index (χ3n) is 11.0. The van der Waals surface area contributed by atoms with Gasteiger partial charge in [0.1, 0.15) is 11.0 Å². The van der Waals surface area contributed by atoms with Crippen molar-refractivity contribution in [2.75, 3.05) is 10.2 Å². The highest BCUT2D eigenvalue weighted by atomic mass is 16.3. The summed E-state index contributed by atoms with van der Waals surface area (Å²) in [7, 11) is 0. The van der Waals surface area contributed by atoms with Crippen molar-refractivity contribution in [1.29, 1.82) is 0 Å². The van der Waals surface area contributed by atoms with Gasteiger partial charge in [0.2, 0.25) is 0 Å². The van der Waals surface area contributed by atoms with Crippen molar-refractivity contribution in [2.24, 2.45) is 0 Å². The SMILES string of the molecule is C=C/C=c1\c(=C/C)oc2cc(N(/C(C=C)=C/C=C\Cc3ccc4c(c3)-c3cc5ccc(C=C)c(-c6ccccc6C)c5cc3\C=C/C=C\C=C\N4)c3ccccc3)ccc12. The fourth-order valence-corrected chi connectivity index (χ4v) is 8.05. The Morgan fingerprint density at radius 1 is 0.750 bits per heavy atom. The zero-order valence-electron chi connectivity index (χ0n) is 34.2. The van der Waals surface area contributed by atoms with E-state index in [4.69, 9.17) is 4.42 Å². The molecule has 1 aliphatic rings. The standard InChI is InChI=1S/C57H48N2O/c1-6-21-49-50-33-32-47(39-56(50)60-55(49)9-4)59(46-26-14-12-15-27-46)45(8-3)25-18-17-23-41-29-34-54-53(36-41)51-37-44-31-30-42(7-2)57(48-28-19-16-22-40(48)5)52(44)38-43(51)24-13-10-11-20-35-58-54/h6-22,24-39,58H,1-3,23H2,4-5H3/b11-10-,18-17-,24-13-,35-20+,45-25+,49-21-,55-9+. The van der Waals surface area contributed by atoms with Crippen LogP contribution in [0.3, 0.4) is 0 Å². The molecule has 0 saturated heterocycles. The Hall–Kier alpha value is -7.62. The van der Waals surface area contributed by atoms with Crippen molar-refractivity contribution in [3.63, 3.8) is 0 Å². The van der Waals surface area contributed by atoms with E-state index in [1.807, 2.05) is 55.6 Å². The van der Waals surface area contributed by atoms with Crippen molar-refractivity contribution in [2.45, 2.75) is 20.3 Å². The molecule has 3 heteroatoms. The van der Waals surface area contributed by atoms with Gasteiger partial charge in [-0.25, -0.2) is 0 Å². The van der Waals surface area contributed by atoms with Crippen LogP contribution in [0.15, 0.2) is 206 Å². The number of benzene rings is 6. The van der Waals surface area contributed by atoms with Crippen LogP contribution in [0.2, 0.25) is 0 Å². The Balaban J connectivity index is 1.17. The molecule has 1 N–H and O–H groups in total.